The van der Waals surface area contributed by atoms with E-state index in [-0.39, 0.29) is 10.8 Å². The smallest absolute Gasteiger partial charge is 0.251 e. The van der Waals surface area contributed by atoms with Crippen molar-refractivity contribution in [2.75, 3.05) is 19.3 Å². The van der Waals surface area contributed by atoms with Crippen molar-refractivity contribution in [3.05, 3.63) is 65.2 Å². The Morgan fingerprint density at radius 2 is 1.59 bits per heavy atom. The van der Waals surface area contributed by atoms with E-state index in [0.717, 1.165) is 31.5 Å². The molecule has 2 aromatic carbocycles. The van der Waals surface area contributed by atoms with Crippen LogP contribution in [0.1, 0.15) is 41.8 Å². The van der Waals surface area contributed by atoms with Crippen molar-refractivity contribution in [1.82, 2.24) is 10.2 Å². The van der Waals surface area contributed by atoms with Crippen LogP contribution in [0.5, 0.6) is 0 Å². The van der Waals surface area contributed by atoms with Gasteiger partial charge in [-0.15, -0.1) is 0 Å². The zero-order valence-electron chi connectivity index (χ0n) is 17.4. The number of sulfone groups is 1. The molecule has 156 valence electrons. The molecule has 5 nitrogen and oxygen atoms in total. The molecule has 0 radical (unpaired) electrons. The molecule has 1 amide bonds. The third kappa shape index (κ3) is 5.90. The molecule has 0 spiro atoms. The topological polar surface area (TPSA) is 66.5 Å². The highest BCUT2D eigenvalue weighted by Gasteiger charge is 2.22. The van der Waals surface area contributed by atoms with E-state index >= 15 is 0 Å². The predicted molar refractivity (Wildman–Crippen MR) is 115 cm³/mol. The van der Waals surface area contributed by atoms with Gasteiger partial charge in [-0.25, -0.2) is 8.42 Å². The van der Waals surface area contributed by atoms with Gasteiger partial charge in [0.15, 0.2) is 9.84 Å². The Morgan fingerprint density at radius 3 is 2.17 bits per heavy atom. The standard InChI is InChI=1S/C23H30N2O3S/c1-17-12-18(2)15-25(14-17)16-21-7-5-4-6-20(21)13-24-23(26)19-8-10-22(11-9-19)29(3,27)28/h4-11,17-18H,12-16H2,1-3H3,(H,24,26)/t17-,18+. The molecule has 0 aromatic heterocycles. The van der Waals surface area contributed by atoms with Crippen LogP contribution in [0.4, 0.5) is 0 Å². The summed E-state index contributed by atoms with van der Waals surface area (Å²) in [6, 6.07) is 14.3. The summed E-state index contributed by atoms with van der Waals surface area (Å²) in [6.45, 7) is 8.18. The first-order valence-electron chi connectivity index (χ1n) is 10.1. The van der Waals surface area contributed by atoms with Crippen LogP contribution in [0, 0.1) is 11.8 Å². The van der Waals surface area contributed by atoms with E-state index in [0.29, 0.717) is 23.9 Å². The first-order valence-corrected chi connectivity index (χ1v) is 12.0. The van der Waals surface area contributed by atoms with Crippen LogP contribution >= 0.6 is 0 Å². The second-order valence-corrected chi connectivity index (χ2v) is 10.4. The molecule has 1 heterocycles. The van der Waals surface area contributed by atoms with Gasteiger partial charge in [0.1, 0.15) is 0 Å². The number of carbonyl (C=O) groups excluding carboxylic acids is 1. The fourth-order valence-corrected chi connectivity index (χ4v) is 4.81. The summed E-state index contributed by atoms with van der Waals surface area (Å²) in [7, 11) is -3.26. The Kier molecular flexibility index (Phi) is 6.75. The lowest BCUT2D eigenvalue weighted by atomic mass is 9.91. The SMILES string of the molecule is C[C@@H]1C[C@H](C)CN(Cc2ccccc2CNC(=O)c2ccc(S(C)(=O)=O)cc2)C1. The number of likely N-dealkylation sites (tertiary alicyclic amines) is 1. The highest BCUT2D eigenvalue weighted by Crippen LogP contribution is 2.23. The normalized spacial score (nSPS) is 20.4. The van der Waals surface area contributed by atoms with Crippen LogP contribution < -0.4 is 5.32 Å². The highest BCUT2D eigenvalue weighted by atomic mass is 32.2. The van der Waals surface area contributed by atoms with Crippen LogP contribution in [-0.4, -0.2) is 38.6 Å². The second kappa shape index (κ2) is 9.09. The quantitative estimate of drug-likeness (QED) is 0.786. The Labute approximate surface area is 174 Å². The van der Waals surface area contributed by atoms with Gasteiger partial charge in [-0.3, -0.25) is 9.69 Å². The number of benzene rings is 2. The van der Waals surface area contributed by atoms with Gasteiger partial charge in [-0.1, -0.05) is 38.1 Å². The molecule has 0 saturated carbocycles. The predicted octanol–water partition coefficient (Wildman–Crippen LogP) is 3.50. The van der Waals surface area contributed by atoms with E-state index in [1.165, 1.54) is 24.1 Å². The number of nitrogens with zero attached hydrogens (tertiary/aromatic N) is 1. The summed E-state index contributed by atoms with van der Waals surface area (Å²) >= 11 is 0. The average Bonchev–Trinajstić information content (AvgIpc) is 2.65. The van der Waals surface area contributed by atoms with Crippen LogP contribution in [0.25, 0.3) is 0 Å². The third-order valence-corrected chi connectivity index (χ3v) is 6.57. The fraction of sp³-hybridized carbons (Fsp3) is 0.435. The monoisotopic (exact) mass is 414 g/mol. The van der Waals surface area contributed by atoms with Crippen LogP contribution in [-0.2, 0) is 22.9 Å². The molecule has 0 unspecified atom stereocenters. The molecule has 1 aliphatic heterocycles. The Bertz CT molecular complexity index is 944. The lowest BCUT2D eigenvalue weighted by Gasteiger charge is -2.35. The number of hydrogen-bond acceptors (Lipinski definition) is 4. The van der Waals surface area contributed by atoms with Crippen molar-refractivity contribution < 1.29 is 13.2 Å². The number of carbonyl (C=O) groups is 1. The molecular weight excluding hydrogens is 384 g/mol. The molecule has 3 rings (SSSR count). The van der Waals surface area contributed by atoms with Crippen molar-refractivity contribution in [1.29, 1.82) is 0 Å². The van der Waals surface area contributed by atoms with Crippen molar-refractivity contribution in [3.8, 4) is 0 Å². The van der Waals surface area contributed by atoms with Gasteiger partial charge in [0, 0.05) is 38.0 Å². The van der Waals surface area contributed by atoms with Gasteiger partial charge >= 0.3 is 0 Å². The zero-order chi connectivity index (χ0) is 21.0. The Hall–Kier alpha value is -2.18. The summed E-state index contributed by atoms with van der Waals surface area (Å²) in [5.41, 5.74) is 2.80. The largest absolute Gasteiger partial charge is 0.348 e. The summed E-state index contributed by atoms with van der Waals surface area (Å²) in [6.07, 6.45) is 2.44. The fourth-order valence-electron chi connectivity index (χ4n) is 4.18. The summed E-state index contributed by atoms with van der Waals surface area (Å²) in [5.74, 6) is 1.21. The number of piperidine rings is 1. The van der Waals surface area contributed by atoms with Crippen molar-refractivity contribution >= 4 is 15.7 Å². The maximum atomic E-state index is 12.5. The highest BCUT2D eigenvalue weighted by molar-refractivity contribution is 7.90. The van der Waals surface area contributed by atoms with Gasteiger partial charge in [0.2, 0.25) is 0 Å². The first kappa shape index (κ1) is 21.5. The molecule has 29 heavy (non-hydrogen) atoms. The van der Waals surface area contributed by atoms with Gasteiger partial charge in [0.25, 0.3) is 5.91 Å². The van der Waals surface area contributed by atoms with Gasteiger partial charge in [0.05, 0.1) is 4.90 Å². The van der Waals surface area contributed by atoms with E-state index in [1.807, 2.05) is 12.1 Å². The van der Waals surface area contributed by atoms with E-state index in [1.54, 1.807) is 12.1 Å². The van der Waals surface area contributed by atoms with Crippen LogP contribution in [0.3, 0.4) is 0 Å². The lowest BCUT2D eigenvalue weighted by Crippen LogP contribution is -2.38. The van der Waals surface area contributed by atoms with E-state index in [4.69, 9.17) is 0 Å². The van der Waals surface area contributed by atoms with E-state index in [9.17, 15) is 13.2 Å². The van der Waals surface area contributed by atoms with E-state index < -0.39 is 9.84 Å². The lowest BCUT2D eigenvalue weighted by molar-refractivity contribution is 0.0950. The number of hydrogen-bond donors (Lipinski definition) is 1. The minimum atomic E-state index is -3.26. The third-order valence-electron chi connectivity index (χ3n) is 5.44. The molecular formula is C23H30N2O3S. The van der Waals surface area contributed by atoms with E-state index in [2.05, 4.69) is 36.2 Å². The van der Waals surface area contributed by atoms with Crippen LogP contribution in [0.15, 0.2) is 53.4 Å². The molecule has 2 aromatic rings. The first-order chi connectivity index (χ1) is 13.7. The number of nitrogens with one attached hydrogen (secondary N) is 1. The number of amides is 1. The van der Waals surface area contributed by atoms with Gasteiger partial charge in [-0.2, -0.15) is 0 Å². The molecule has 0 aliphatic carbocycles. The number of rotatable bonds is 6. The van der Waals surface area contributed by atoms with Crippen molar-refractivity contribution in [2.45, 2.75) is 38.3 Å². The Morgan fingerprint density at radius 1 is 1.00 bits per heavy atom. The van der Waals surface area contributed by atoms with Crippen molar-refractivity contribution in [2.24, 2.45) is 11.8 Å². The second-order valence-electron chi connectivity index (χ2n) is 8.39. The summed E-state index contributed by atoms with van der Waals surface area (Å²) < 4.78 is 23.1. The summed E-state index contributed by atoms with van der Waals surface area (Å²) in [5, 5.41) is 2.96. The molecule has 2 atom stereocenters. The van der Waals surface area contributed by atoms with Gasteiger partial charge in [-0.05, 0) is 53.6 Å². The molecule has 1 N–H and O–H groups in total. The molecule has 0 bridgehead atoms. The Balaban J connectivity index is 1.64. The minimum absolute atomic E-state index is 0.208. The average molecular weight is 415 g/mol. The van der Waals surface area contributed by atoms with Crippen molar-refractivity contribution in [3.63, 3.8) is 0 Å². The summed E-state index contributed by atoms with van der Waals surface area (Å²) in [4.78, 5) is 15.2. The zero-order valence-corrected chi connectivity index (χ0v) is 18.2. The molecule has 1 fully saturated rings. The minimum Gasteiger partial charge on any atom is -0.348 e. The molecule has 6 heteroatoms. The van der Waals surface area contributed by atoms with Crippen LogP contribution in [0.2, 0.25) is 0 Å². The molecule has 1 aliphatic rings. The molecule has 1 saturated heterocycles. The maximum absolute atomic E-state index is 12.5. The maximum Gasteiger partial charge on any atom is 0.251 e. The van der Waals surface area contributed by atoms with Gasteiger partial charge < -0.3 is 5.32 Å².